The molecule has 0 aliphatic rings. The Morgan fingerprint density at radius 2 is 1.17 bits per heavy atom. The molecule has 2 unspecified atom stereocenters. The highest BCUT2D eigenvalue weighted by molar-refractivity contribution is 7.47. The van der Waals surface area contributed by atoms with Gasteiger partial charge in [-0.1, -0.05) is 105 Å². The first-order chi connectivity index (χ1) is 23.1. The third-order valence-corrected chi connectivity index (χ3v) is 7.71. The number of phosphoric acid groups is 1. The van der Waals surface area contributed by atoms with Crippen LogP contribution in [-0.4, -0.2) is 75.6 Å². The molecule has 0 aromatic rings. The lowest BCUT2D eigenvalue weighted by atomic mass is 10.2. The van der Waals surface area contributed by atoms with E-state index in [1.165, 1.54) is 0 Å². The van der Waals surface area contributed by atoms with Gasteiger partial charge in [0.1, 0.15) is 19.3 Å². The van der Waals surface area contributed by atoms with Crippen LogP contribution >= 0.6 is 7.82 Å². The van der Waals surface area contributed by atoms with Crippen molar-refractivity contribution in [1.82, 2.24) is 0 Å². The lowest BCUT2D eigenvalue weighted by molar-refractivity contribution is -0.870. The maximum Gasteiger partial charge on any atom is 0.472 e. The number of esters is 1. The Hall–Kier alpha value is -2.32. The molecule has 0 fully saturated rings. The lowest BCUT2D eigenvalue weighted by Gasteiger charge is -2.24. The van der Waals surface area contributed by atoms with Crippen LogP contribution in [0, 0.1) is 0 Å². The van der Waals surface area contributed by atoms with Crippen molar-refractivity contribution in [3.63, 3.8) is 0 Å². The van der Waals surface area contributed by atoms with Gasteiger partial charge in [-0.3, -0.25) is 13.8 Å². The lowest BCUT2D eigenvalue weighted by Crippen LogP contribution is -2.37. The summed E-state index contributed by atoms with van der Waals surface area (Å²) in [6.07, 6.45) is 41.6. The molecule has 0 heterocycles. The highest BCUT2D eigenvalue weighted by atomic mass is 31.2. The van der Waals surface area contributed by atoms with E-state index < -0.39 is 13.9 Å². The van der Waals surface area contributed by atoms with E-state index in [-0.39, 0.29) is 32.2 Å². The molecule has 0 aromatic heterocycles. The van der Waals surface area contributed by atoms with Gasteiger partial charge in [0.2, 0.25) is 0 Å². The number of likely N-dealkylation sites (N-methyl/N-ethyl adjacent to an activating group) is 1. The maximum absolute atomic E-state index is 12.3. The Labute approximate surface area is 293 Å². The number of hydrogen-bond acceptors (Lipinski definition) is 6. The first-order valence-corrected chi connectivity index (χ1v) is 19.3. The molecule has 2 atom stereocenters. The molecule has 0 saturated heterocycles. The molecule has 1 N–H and O–H groups in total. The molecule has 0 bridgehead atoms. The van der Waals surface area contributed by atoms with Gasteiger partial charge in [-0.25, -0.2) is 4.57 Å². The standard InChI is InChI=1S/C39H66NO7P/c1-6-8-10-11-12-13-14-15-16-17-18-19-20-21-22-23-24-25-26-27-28-29-30-31-34-44-36-38(47-39(41)32-9-7-2)37-46-48(42,43)45-35-33-40(3,4)5/h8,10,12-13,15-16,18-19,21-22,24-25,27-28,38H,6-7,9,11,14,17,20,23,26,29-37H2,1-5H3/p+1/b10-8-,13-12-,16-15-,19-18-,22-21-,25-24-,28-27-. The quantitative estimate of drug-likeness (QED) is 0.0254. The fourth-order valence-electron chi connectivity index (χ4n) is 3.92. The van der Waals surface area contributed by atoms with Crippen molar-refractivity contribution < 1.29 is 37.3 Å². The molecule has 0 aromatic carbocycles. The summed E-state index contributed by atoms with van der Waals surface area (Å²) in [5.41, 5.74) is 0. The first kappa shape index (κ1) is 45.7. The Morgan fingerprint density at radius 1 is 0.667 bits per heavy atom. The largest absolute Gasteiger partial charge is 0.472 e. The molecule has 0 aliphatic heterocycles. The van der Waals surface area contributed by atoms with Gasteiger partial charge in [0.25, 0.3) is 0 Å². The van der Waals surface area contributed by atoms with Crippen LogP contribution in [0.4, 0.5) is 0 Å². The minimum atomic E-state index is -4.26. The van der Waals surface area contributed by atoms with Crippen molar-refractivity contribution in [3.05, 3.63) is 85.1 Å². The van der Waals surface area contributed by atoms with Crippen molar-refractivity contribution >= 4 is 13.8 Å². The fraction of sp³-hybridized carbons (Fsp3) is 0.615. The summed E-state index contributed by atoms with van der Waals surface area (Å²) in [5.74, 6) is -0.371. The molecule has 0 saturated carbocycles. The zero-order valence-corrected chi connectivity index (χ0v) is 31.6. The van der Waals surface area contributed by atoms with Gasteiger partial charge >= 0.3 is 13.8 Å². The van der Waals surface area contributed by atoms with Crippen LogP contribution in [0.15, 0.2) is 85.1 Å². The van der Waals surface area contributed by atoms with Crippen LogP contribution in [-0.2, 0) is 27.9 Å². The van der Waals surface area contributed by atoms with E-state index in [0.717, 1.165) is 70.6 Å². The highest BCUT2D eigenvalue weighted by Crippen LogP contribution is 2.43. The van der Waals surface area contributed by atoms with Crippen molar-refractivity contribution in [1.29, 1.82) is 0 Å². The number of carbonyl (C=O) groups excluding carboxylic acids is 1. The van der Waals surface area contributed by atoms with Gasteiger partial charge in [0.05, 0.1) is 34.4 Å². The Bertz CT molecular complexity index is 1040. The van der Waals surface area contributed by atoms with Crippen molar-refractivity contribution in [2.24, 2.45) is 0 Å². The third-order valence-electron chi connectivity index (χ3n) is 6.72. The van der Waals surface area contributed by atoms with E-state index in [1.807, 2.05) is 28.1 Å². The smallest absolute Gasteiger partial charge is 0.457 e. The van der Waals surface area contributed by atoms with E-state index >= 15 is 0 Å². The van der Waals surface area contributed by atoms with Crippen LogP contribution in [0.3, 0.4) is 0 Å². The van der Waals surface area contributed by atoms with E-state index in [9.17, 15) is 14.3 Å². The van der Waals surface area contributed by atoms with Crippen LogP contribution in [0.2, 0.25) is 0 Å². The van der Waals surface area contributed by atoms with Crippen LogP contribution < -0.4 is 0 Å². The summed E-state index contributed by atoms with van der Waals surface area (Å²) in [7, 11) is 1.61. The number of rotatable bonds is 31. The summed E-state index contributed by atoms with van der Waals surface area (Å²) in [5, 5.41) is 0. The minimum Gasteiger partial charge on any atom is -0.457 e. The van der Waals surface area contributed by atoms with Crippen molar-refractivity contribution in [2.45, 2.75) is 103 Å². The third kappa shape index (κ3) is 35.0. The number of allylic oxidation sites excluding steroid dienone is 14. The van der Waals surface area contributed by atoms with Gasteiger partial charge < -0.3 is 18.9 Å². The molecule has 9 heteroatoms. The molecule has 48 heavy (non-hydrogen) atoms. The minimum absolute atomic E-state index is 0.0740. The number of quaternary nitrogens is 1. The van der Waals surface area contributed by atoms with Gasteiger partial charge in [0.15, 0.2) is 0 Å². The highest BCUT2D eigenvalue weighted by Gasteiger charge is 2.26. The van der Waals surface area contributed by atoms with Crippen molar-refractivity contribution in [2.75, 3.05) is 54.1 Å². The number of unbranched alkanes of at least 4 members (excludes halogenated alkanes) is 3. The first-order valence-electron chi connectivity index (χ1n) is 17.8. The average Bonchev–Trinajstić information content (AvgIpc) is 3.03. The predicted octanol–water partition coefficient (Wildman–Crippen LogP) is 9.76. The number of ether oxygens (including phenoxy) is 2. The van der Waals surface area contributed by atoms with Crippen LogP contribution in [0.5, 0.6) is 0 Å². The van der Waals surface area contributed by atoms with E-state index in [4.69, 9.17) is 18.5 Å². The predicted molar refractivity (Wildman–Crippen MR) is 201 cm³/mol. The van der Waals surface area contributed by atoms with Gasteiger partial charge in [0, 0.05) is 13.0 Å². The number of hydrogen-bond donors (Lipinski definition) is 1. The Kier molecular flexibility index (Phi) is 30.4. The van der Waals surface area contributed by atoms with E-state index in [0.29, 0.717) is 24.1 Å². The molecule has 0 aliphatic carbocycles. The summed E-state index contributed by atoms with van der Waals surface area (Å²) in [4.78, 5) is 22.2. The number of nitrogens with zero attached hydrogens (tertiary/aromatic N) is 1. The Balaban J connectivity index is 4.08. The molecule has 0 spiro atoms. The Morgan fingerprint density at radius 3 is 1.65 bits per heavy atom. The monoisotopic (exact) mass is 692 g/mol. The average molecular weight is 693 g/mol. The van der Waals surface area contributed by atoms with E-state index in [2.05, 4.69) is 92.0 Å². The maximum atomic E-state index is 12.3. The molecule has 0 rings (SSSR count). The van der Waals surface area contributed by atoms with Crippen molar-refractivity contribution in [3.8, 4) is 0 Å². The normalized spacial score (nSPS) is 15.0. The second kappa shape index (κ2) is 31.9. The molecule has 8 nitrogen and oxygen atoms in total. The molecular weight excluding hydrogens is 625 g/mol. The summed E-state index contributed by atoms with van der Waals surface area (Å²) < 4.78 is 34.2. The fourth-order valence-corrected chi connectivity index (χ4v) is 4.66. The van der Waals surface area contributed by atoms with Gasteiger partial charge in [-0.15, -0.1) is 0 Å². The van der Waals surface area contributed by atoms with E-state index in [1.54, 1.807) is 0 Å². The number of phosphoric ester groups is 1. The van der Waals surface area contributed by atoms with Gasteiger partial charge in [-0.2, -0.15) is 0 Å². The molecule has 0 radical (unpaired) electrons. The molecule has 274 valence electrons. The zero-order chi connectivity index (χ0) is 35.6. The van der Waals surface area contributed by atoms with Crippen LogP contribution in [0.25, 0.3) is 0 Å². The van der Waals surface area contributed by atoms with Crippen LogP contribution in [0.1, 0.15) is 97.3 Å². The summed E-state index contributed by atoms with van der Waals surface area (Å²) in [6, 6.07) is 0. The zero-order valence-electron chi connectivity index (χ0n) is 30.7. The molecular formula is C39H67NO7P+. The number of carbonyl (C=O) groups is 1. The topological polar surface area (TPSA) is 91.3 Å². The summed E-state index contributed by atoms with van der Waals surface area (Å²) in [6.45, 7) is 5.09. The SMILES string of the molecule is CC/C=C\C/C=C\C/C=C\C/C=C\C/C=C\C/C=C\C/C=C\CCCCOCC(COP(=O)(O)OCC[N+](C)(C)C)OC(=O)CCCC. The molecule has 0 amide bonds. The second-order valence-corrected chi connectivity index (χ2v) is 14.0. The summed E-state index contributed by atoms with van der Waals surface area (Å²) >= 11 is 0. The van der Waals surface area contributed by atoms with Gasteiger partial charge in [-0.05, 0) is 70.6 Å². The second-order valence-electron chi connectivity index (χ2n) is 12.5.